The lowest BCUT2D eigenvalue weighted by molar-refractivity contribution is -0.435. The molecule has 43 heavy (non-hydrogen) atoms. The van der Waals surface area contributed by atoms with E-state index in [1.807, 2.05) is 62.4 Å². The zero-order chi connectivity index (χ0) is 29.6. The zero-order valence-corrected chi connectivity index (χ0v) is 23.4. The number of pyridine rings is 2. The number of anilines is 4. The van der Waals surface area contributed by atoms with Gasteiger partial charge >= 0.3 is 0 Å². The number of hydrogen-bond acceptors (Lipinski definition) is 10. The van der Waals surface area contributed by atoms with Crippen LogP contribution in [0.5, 0.6) is 0 Å². The number of azo groups is 1. The molecule has 0 saturated heterocycles. The van der Waals surface area contributed by atoms with E-state index in [1.165, 1.54) is 0 Å². The average Bonchev–Trinajstić information content (AvgIpc) is 3.05. The van der Waals surface area contributed by atoms with Crippen LogP contribution in [0.15, 0.2) is 115 Å². The van der Waals surface area contributed by atoms with Crippen molar-refractivity contribution in [3.63, 3.8) is 0 Å². The van der Waals surface area contributed by atoms with E-state index in [4.69, 9.17) is 0 Å². The second kappa shape index (κ2) is 12.2. The summed E-state index contributed by atoms with van der Waals surface area (Å²) in [4.78, 5) is 26.8. The minimum Gasteiger partial charge on any atom is -0.594 e. The lowest BCUT2D eigenvalue weighted by Gasteiger charge is -2.11. The molecule has 6 rings (SSSR count). The molecule has 0 aliphatic carbocycles. The first-order chi connectivity index (χ1) is 21.0. The molecule has 0 spiro atoms. The molecule has 0 bridgehead atoms. The van der Waals surface area contributed by atoms with E-state index in [1.54, 1.807) is 61.4 Å². The number of nitrogens with zero attached hydrogens (tertiary/aromatic N) is 8. The quantitative estimate of drug-likeness (QED) is 0.109. The largest absolute Gasteiger partial charge is 0.594 e. The Kier molecular flexibility index (Phi) is 7.68. The maximum absolute atomic E-state index is 13.2. The Bertz CT molecular complexity index is 1910. The summed E-state index contributed by atoms with van der Waals surface area (Å²) in [5, 5.41) is 23.9. The molecule has 0 unspecified atom stereocenters. The Balaban J connectivity index is 1.22. The molecule has 210 valence electrons. The Morgan fingerprint density at radius 2 is 1.21 bits per heavy atom. The predicted molar refractivity (Wildman–Crippen MR) is 165 cm³/mol. The Morgan fingerprint density at radius 3 is 1.77 bits per heavy atom. The van der Waals surface area contributed by atoms with Crippen LogP contribution in [-0.4, -0.2) is 34.8 Å². The summed E-state index contributed by atoms with van der Waals surface area (Å²) in [7, 11) is 0. The summed E-state index contributed by atoms with van der Waals surface area (Å²) in [5.74, 6) is 0.824. The zero-order valence-electron chi connectivity index (χ0n) is 23.4. The van der Waals surface area contributed by atoms with Crippen molar-refractivity contribution in [1.29, 1.82) is 0 Å². The smallest absolute Gasteiger partial charge is 0.247 e. The van der Waals surface area contributed by atoms with Crippen molar-refractivity contribution in [2.24, 2.45) is 5.11 Å². The highest BCUT2D eigenvalue weighted by atomic mass is 16.5. The molecule has 0 fully saturated rings. The molecule has 0 amide bonds. The summed E-state index contributed by atoms with van der Waals surface area (Å²) in [6.45, 7) is 3.89. The lowest BCUT2D eigenvalue weighted by atomic mass is 10.2. The van der Waals surface area contributed by atoms with E-state index in [0.29, 0.717) is 33.8 Å². The van der Waals surface area contributed by atoms with Gasteiger partial charge in [0.25, 0.3) is 0 Å². The highest BCUT2D eigenvalue weighted by Crippen LogP contribution is 2.29. The molecule has 0 aliphatic heterocycles. The molecule has 0 aliphatic rings. The molecule has 2 aromatic carbocycles. The van der Waals surface area contributed by atoms with Crippen molar-refractivity contribution in [2.45, 2.75) is 13.8 Å². The van der Waals surface area contributed by atoms with Crippen LogP contribution in [0.2, 0.25) is 0 Å². The van der Waals surface area contributed by atoms with Crippen LogP contribution in [0.25, 0.3) is 22.5 Å². The highest BCUT2D eigenvalue weighted by molar-refractivity contribution is 5.67. The third kappa shape index (κ3) is 6.46. The topological polar surface area (TPSA) is 140 Å². The molecule has 0 atom stereocenters. The molecule has 2 N–H and O–H groups in total. The minimum absolute atomic E-state index is 0.346. The van der Waals surface area contributed by atoms with Gasteiger partial charge in [0.05, 0.1) is 17.1 Å². The molecule has 0 saturated carbocycles. The van der Waals surface area contributed by atoms with Crippen LogP contribution in [0.1, 0.15) is 11.1 Å². The van der Waals surface area contributed by atoms with Crippen molar-refractivity contribution in [3.05, 3.63) is 126 Å². The van der Waals surface area contributed by atoms with Crippen LogP contribution in [-0.2, 0) is 0 Å². The van der Waals surface area contributed by atoms with Crippen molar-refractivity contribution in [1.82, 2.24) is 29.9 Å². The van der Waals surface area contributed by atoms with Gasteiger partial charge in [0.1, 0.15) is 5.69 Å². The van der Waals surface area contributed by atoms with Gasteiger partial charge in [0, 0.05) is 71.2 Å². The fourth-order valence-corrected chi connectivity index (χ4v) is 4.26. The normalized spacial score (nSPS) is 11.3. The summed E-state index contributed by atoms with van der Waals surface area (Å²) < 4.78 is 0. The van der Waals surface area contributed by atoms with Crippen LogP contribution < -0.4 is 10.6 Å². The first kappa shape index (κ1) is 27.1. The lowest BCUT2D eigenvalue weighted by Crippen LogP contribution is -2.01. The second-order valence-corrected chi connectivity index (χ2v) is 9.64. The summed E-state index contributed by atoms with van der Waals surface area (Å²) in [6, 6.07) is 21.9. The summed E-state index contributed by atoms with van der Waals surface area (Å²) in [6.07, 6.45) is 10.3. The SMILES string of the molecule is Cc1ccc(N=[N+]([O-])c2ccc(C)c(Nc3nccc(-c4cccnc4)n3)c2)cc1Nc1nccc(-c2cccnc2)n1. The molecular weight excluding hydrogens is 540 g/mol. The molecule has 11 heteroatoms. The highest BCUT2D eigenvalue weighted by Gasteiger charge is 2.12. The van der Waals surface area contributed by atoms with E-state index >= 15 is 0 Å². The van der Waals surface area contributed by atoms with E-state index < -0.39 is 0 Å². The van der Waals surface area contributed by atoms with Crippen LogP contribution in [0.4, 0.5) is 34.6 Å². The second-order valence-electron chi connectivity index (χ2n) is 9.64. The summed E-state index contributed by atoms with van der Waals surface area (Å²) >= 11 is 0. The van der Waals surface area contributed by atoms with Crippen LogP contribution in [0, 0.1) is 19.1 Å². The number of aryl methyl sites for hydroxylation is 2. The first-order valence-electron chi connectivity index (χ1n) is 13.4. The molecule has 4 heterocycles. The number of benzene rings is 2. The van der Waals surface area contributed by atoms with Crippen molar-refractivity contribution < 1.29 is 4.86 Å². The fraction of sp³-hybridized carbons (Fsp3) is 0.0625. The number of nitrogens with one attached hydrogen (secondary N) is 2. The maximum Gasteiger partial charge on any atom is 0.247 e. The standard InChI is InChI=1S/C32H26N10O/c1-21-7-9-25(17-29(21)39-31-35-15-11-27(37-31)23-5-3-13-33-19-23)41-42(43)26-10-8-22(2)30(18-26)40-32-36-16-12-28(38-32)24-6-4-14-34-20-24/h3-20H,1-2H3,(H,35,37,39)(H,36,38,40). The van der Waals surface area contributed by atoms with Gasteiger partial charge in [-0.3, -0.25) is 9.97 Å². The van der Waals surface area contributed by atoms with E-state index in [2.05, 4.69) is 45.7 Å². The van der Waals surface area contributed by atoms with Crippen LogP contribution in [0.3, 0.4) is 0 Å². The minimum atomic E-state index is 0.346. The first-order valence-corrected chi connectivity index (χ1v) is 13.4. The summed E-state index contributed by atoms with van der Waals surface area (Å²) in [5.41, 5.74) is 7.34. The fourth-order valence-electron chi connectivity index (χ4n) is 4.26. The number of hydrogen-bond donors (Lipinski definition) is 2. The molecular formula is C32H26N10O. The van der Waals surface area contributed by atoms with Crippen molar-refractivity contribution in [3.8, 4) is 22.5 Å². The van der Waals surface area contributed by atoms with Gasteiger partial charge < -0.3 is 15.8 Å². The van der Waals surface area contributed by atoms with Gasteiger partial charge in [-0.05, 0) is 73.5 Å². The average molecular weight is 567 g/mol. The molecule has 4 aromatic heterocycles. The monoisotopic (exact) mass is 566 g/mol. The van der Waals surface area contributed by atoms with E-state index in [-0.39, 0.29) is 0 Å². The third-order valence-electron chi connectivity index (χ3n) is 6.59. The van der Waals surface area contributed by atoms with Gasteiger partial charge in [-0.15, -0.1) is 0 Å². The van der Waals surface area contributed by atoms with Crippen molar-refractivity contribution in [2.75, 3.05) is 10.6 Å². The van der Waals surface area contributed by atoms with Gasteiger partial charge in [0.2, 0.25) is 17.6 Å². The predicted octanol–water partition coefficient (Wildman–Crippen LogP) is 7.42. The van der Waals surface area contributed by atoms with Gasteiger partial charge in [-0.1, -0.05) is 17.0 Å². The Morgan fingerprint density at radius 1 is 0.651 bits per heavy atom. The van der Waals surface area contributed by atoms with Crippen LogP contribution >= 0.6 is 0 Å². The molecule has 0 radical (unpaired) electrons. The molecule has 6 aromatic rings. The third-order valence-corrected chi connectivity index (χ3v) is 6.59. The van der Waals surface area contributed by atoms with Gasteiger partial charge in [-0.2, -0.15) is 0 Å². The number of aromatic nitrogens is 6. The van der Waals surface area contributed by atoms with E-state index in [9.17, 15) is 5.21 Å². The Hall–Kier alpha value is -6.10. The maximum atomic E-state index is 13.2. The Labute approximate surface area is 247 Å². The van der Waals surface area contributed by atoms with E-state index in [0.717, 1.165) is 39.3 Å². The van der Waals surface area contributed by atoms with Gasteiger partial charge in [0.15, 0.2) is 0 Å². The van der Waals surface area contributed by atoms with Gasteiger partial charge in [-0.25, -0.2) is 19.9 Å². The number of rotatable bonds is 8. The molecule has 11 nitrogen and oxygen atoms in total. The van der Waals surface area contributed by atoms with Crippen molar-refractivity contribution >= 4 is 34.6 Å².